The topological polar surface area (TPSA) is 49.9 Å². The van der Waals surface area contributed by atoms with Gasteiger partial charge in [-0.25, -0.2) is 0 Å². The molecule has 0 radical (unpaired) electrons. The number of benzene rings is 1. The molecule has 0 saturated heterocycles. The molecule has 88 valence electrons. The molecule has 0 aromatic heterocycles. The minimum absolute atomic E-state index is 0.0600. The van der Waals surface area contributed by atoms with E-state index in [4.69, 9.17) is 11.1 Å². The number of aryl methyl sites for hydroxylation is 1. The molecule has 1 aromatic carbocycles. The third-order valence-corrected chi connectivity index (χ3v) is 2.72. The van der Waals surface area contributed by atoms with Crippen LogP contribution in [0.4, 0.5) is 13.2 Å². The van der Waals surface area contributed by atoms with Crippen molar-refractivity contribution in [1.29, 1.82) is 5.41 Å². The monoisotopic (exact) mass is 248 g/mol. The van der Waals surface area contributed by atoms with E-state index < -0.39 is 11.7 Å². The lowest BCUT2D eigenvalue weighted by atomic mass is 10.1. The van der Waals surface area contributed by atoms with Gasteiger partial charge < -0.3 is 5.73 Å². The normalized spacial score (nSPS) is 11.5. The van der Waals surface area contributed by atoms with Crippen LogP contribution in [0.3, 0.4) is 0 Å². The maximum absolute atomic E-state index is 12.7. The number of thioether (sulfide) groups is 1. The number of halogens is 3. The Morgan fingerprint density at radius 1 is 1.44 bits per heavy atom. The molecule has 0 unspecified atom stereocenters. The lowest BCUT2D eigenvalue weighted by Gasteiger charge is -2.13. The standard InChI is InChI=1S/C10H11F3N2S/c1-6-2-3-7(5-16-9(14)15)8(4-6)10(11,12)13/h2-4H,5H2,1H3,(H3,14,15). The Hall–Kier alpha value is -1.17. The maximum atomic E-state index is 12.7. The van der Waals surface area contributed by atoms with E-state index in [0.29, 0.717) is 5.56 Å². The molecule has 0 amide bonds. The average Bonchev–Trinajstić information content (AvgIpc) is 2.14. The van der Waals surface area contributed by atoms with Gasteiger partial charge >= 0.3 is 6.18 Å². The van der Waals surface area contributed by atoms with Gasteiger partial charge in [0, 0.05) is 5.75 Å². The van der Waals surface area contributed by atoms with Crippen LogP contribution in [0.5, 0.6) is 0 Å². The summed E-state index contributed by atoms with van der Waals surface area (Å²) in [5.41, 5.74) is 5.15. The molecule has 1 aromatic rings. The summed E-state index contributed by atoms with van der Waals surface area (Å²) in [7, 11) is 0. The van der Waals surface area contributed by atoms with E-state index in [2.05, 4.69) is 0 Å². The predicted molar refractivity (Wildman–Crippen MR) is 59.4 cm³/mol. The van der Waals surface area contributed by atoms with Crippen molar-refractivity contribution in [1.82, 2.24) is 0 Å². The summed E-state index contributed by atoms with van der Waals surface area (Å²) in [5, 5.41) is 6.79. The molecular formula is C10H11F3N2S. The fourth-order valence-electron chi connectivity index (χ4n) is 1.24. The molecule has 0 heterocycles. The number of nitrogens with one attached hydrogen (secondary N) is 1. The highest BCUT2D eigenvalue weighted by atomic mass is 32.2. The molecule has 0 spiro atoms. The van der Waals surface area contributed by atoms with Crippen LogP contribution in [0.2, 0.25) is 0 Å². The fraction of sp³-hybridized carbons (Fsp3) is 0.300. The first-order chi connectivity index (χ1) is 7.30. The van der Waals surface area contributed by atoms with Crippen molar-refractivity contribution in [2.75, 3.05) is 0 Å². The first kappa shape index (κ1) is 12.9. The van der Waals surface area contributed by atoms with Gasteiger partial charge in [-0.3, -0.25) is 5.41 Å². The highest BCUT2D eigenvalue weighted by molar-refractivity contribution is 8.13. The molecule has 16 heavy (non-hydrogen) atoms. The van der Waals surface area contributed by atoms with Crippen molar-refractivity contribution in [2.45, 2.75) is 18.9 Å². The number of nitrogens with two attached hydrogens (primary N) is 1. The molecular weight excluding hydrogens is 237 g/mol. The Labute approximate surface area is 95.5 Å². The van der Waals surface area contributed by atoms with Gasteiger partial charge in [0.05, 0.1) is 5.56 Å². The zero-order valence-corrected chi connectivity index (χ0v) is 9.38. The van der Waals surface area contributed by atoms with Gasteiger partial charge in [0.2, 0.25) is 0 Å². The zero-order valence-electron chi connectivity index (χ0n) is 8.56. The molecule has 0 saturated carbocycles. The third-order valence-electron chi connectivity index (χ3n) is 1.95. The van der Waals surface area contributed by atoms with E-state index in [1.165, 1.54) is 6.07 Å². The second-order valence-electron chi connectivity index (χ2n) is 3.31. The molecule has 2 nitrogen and oxygen atoms in total. The second-order valence-corrected chi connectivity index (χ2v) is 4.33. The van der Waals surface area contributed by atoms with Gasteiger partial charge in [0.15, 0.2) is 5.17 Å². The van der Waals surface area contributed by atoms with Crippen LogP contribution in [-0.4, -0.2) is 5.17 Å². The van der Waals surface area contributed by atoms with E-state index in [0.717, 1.165) is 17.8 Å². The minimum Gasteiger partial charge on any atom is -0.379 e. The molecule has 0 aliphatic rings. The Morgan fingerprint density at radius 2 is 2.06 bits per heavy atom. The van der Waals surface area contributed by atoms with Crippen molar-refractivity contribution >= 4 is 16.9 Å². The quantitative estimate of drug-likeness (QED) is 0.624. The van der Waals surface area contributed by atoms with Gasteiger partial charge in [-0.15, -0.1) is 0 Å². The van der Waals surface area contributed by atoms with Crippen LogP contribution in [-0.2, 0) is 11.9 Å². The van der Waals surface area contributed by atoms with E-state index >= 15 is 0 Å². The molecule has 0 atom stereocenters. The number of alkyl halides is 3. The summed E-state index contributed by atoms with van der Waals surface area (Å²) in [4.78, 5) is 0. The van der Waals surface area contributed by atoms with Crippen molar-refractivity contribution < 1.29 is 13.2 Å². The van der Waals surface area contributed by atoms with Crippen molar-refractivity contribution in [3.05, 3.63) is 34.9 Å². The Kier molecular flexibility index (Phi) is 3.85. The minimum atomic E-state index is -4.36. The second kappa shape index (κ2) is 4.78. The number of hydrogen-bond acceptors (Lipinski definition) is 2. The van der Waals surface area contributed by atoms with Gasteiger partial charge in [-0.05, 0) is 18.6 Å². The molecule has 3 N–H and O–H groups in total. The Balaban J connectivity index is 3.03. The van der Waals surface area contributed by atoms with Crippen molar-refractivity contribution in [2.24, 2.45) is 5.73 Å². The lowest BCUT2D eigenvalue weighted by molar-refractivity contribution is -0.138. The summed E-state index contributed by atoms with van der Waals surface area (Å²) in [6.45, 7) is 1.61. The van der Waals surface area contributed by atoms with Crippen LogP contribution >= 0.6 is 11.8 Å². The fourth-order valence-corrected chi connectivity index (χ4v) is 1.80. The van der Waals surface area contributed by atoms with Crippen LogP contribution in [0.15, 0.2) is 18.2 Å². The van der Waals surface area contributed by atoms with Crippen molar-refractivity contribution in [3.8, 4) is 0 Å². The maximum Gasteiger partial charge on any atom is 0.416 e. The highest BCUT2D eigenvalue weighted by Gasteiger charge is 2.33. The smallest absolute Gasteiger partial charge is 0.379 e. The lowest BCUT2D eigenvalue weighted by Crippen LogP contribution is -2.10. The summed E-state index contributed by atoms with van der Waals surface area (Å²) in [5.74, 6) is 0.0600. The van der Waals surface area contributed by atoms with Gasteiger partial charge in [0.25, 0.3) is 0 Å². The van der Waals surface area contributed by atoms with Crippen molar-refractivity contribution in [3.63, 3.8) is 0 Å². The Bertz CT molecular complexity index is 402. The molecule has 0 aliphatic heterocycles. The summed E-state index contributed by atoms with van der Waals surface area (Å²) >= 11 is 0.882. The third kappa shape index (κ3) is 3.44. The zero-order chi connectivity index (χ0) is 12.3. The number of amidine groups is 1. The van der Waals surface area contributed by atoms with Crippen LogP contribution in [0.25, 0.3) is 0 Å². The van der Waals surface area contributed by atoms with Crippen LogP contribution in [0, 0.1) is 12.3 Å². The first-order valence-electron chi connectivity index (χ1n) is 4.44. The first-order valence-corrected chi connectivity index (χ1v) is 5.43. The highest BCUT2D eigenvalue weighted by Crippen LogP contribution is 2.34. The molecule has 0 aliphatic carbocycles. The molecule has 0 bridgehead atoms. The van der Waals surface area contributed by atoms with Gasteiger partial charge in [-0.2, -0.15) is 13.2 Å². The molecule has 1 rings (SSSR count). The summed E-state index contributed by atoms with van der Waals surface area (Å²) in [6, 6.07) is 4.15. The molecule has 6 heteroatoms. The van der Waals surface area contributed by atoms with Gasteiger partial charge in [0.1, 0.15) is 0 Å². The van der Waals surface area contributed by atoms with E-state index in [-0.39, 0.29) is 16.5 Å². The molecule has 0 fully saturated rings. The Morgan fingerprint density at radius 3 is 2.56 bits per heavy atom. The van der Waals surface area contributed by atoms with E-state index in [9.17, 15) is 13.2 Å². The van der Waals surface area contributed by atoms with E-state index in [1.54, 1.807) is 13.0 Å². The van der Waals surface area contributed by atoms with Crippen LogP contribution < -0.4 is 5.73 Å². The van der Waals surface area contributed by atoms with Gasteiger partial charge in [-0.1, -0.05) is 29.5 Å². The average molecular weight is 248 g/mol. The number of hydrogen-bond donors (Lipinski definition) is 2. The largest absolute Gasteiger partial charge is 0.416 e. The van der Waals surface area contributed by atoms with E-state index in [1.807, 2.05) is 0 Å². The van der Waals surface area contributed by atoms with Crippen LogP contribution in [0.1, 0.15) is 16.7 Å². The summed E-state index contributed by atoms with van der Waals surface area (Å²) in [6.07, 6.45) is -4.36. The SMILES string of the molecule is Cc1ccc(CSC(=N)N)c(C(F)(F)F)c1. The predicted octanol–water partition coefficient (Wildman–Crippen LogP) is 3.14. The summed E-state index contributed by atoms with van der Waals surface area (Å²) < 4.78 is 38.0. The number of rotatable bonds is 2.